The van der Waals surface area contributed by atoms with E-state index >= 15 is 0 Å². The molecule has 2 aromatic rings. The zero-order valence-electron chi connectivity index (χ0n) is 13.9. The molecule has 1 aliphatic rings. The van der Waals surface area contributed by atoms with Crippen LogP contribution in [-0.2, 0) is 6.54 Å². The van der Waals surface area contributed by atoms with Gasteiger partial charge in [-0.25, -0.2) is 4.99 Å². The molecule has 1 fully saturated rings. The lowest BCUT2D eigenvalue weighted by Crippen LogP contribution is -2.40. The Morgan fingerprint density at radius 1 is 1.44 bits per heavy atom. The lowest BCUT2D eigenvalue weighted by Gasteiger charge is -2.20. The monoisotopic (exact) mass is 477 g/mol. The van der Waals surface area contributed by atoms with Gasteiger partial charge in [0.1, 0.15) is 6.54 Å². The second-order valence-electron chi connectivity index (χ2n) is 5.58. The van der Waals surface area contributed by atoms with Crippen LogP contribution in [0.25, 0.3) is 11.4 Å². The Labute approximate surface area is 168 Å². The molecule has 2 N–H and O–H groups in total. The van der Waals surface area contributed by atoms with E-state index in [9.17, 15) is 5.11 Å². The summed E-state index contributed by atoms with van der Waals surface area (Å²) in [5.74, 6) is 1.70. The van der Waals surface area contributed by atoms with Crippen LogP contribution in [0.5, 0.6) is 0 Å². The highest BCUT2D eigenvalue weighted by molar-refractivity contribution is 14.0. The third-order valence-electron chi connectivity index (χ3n) is 3.73. The molecule has 3 rings (SSSR count). The van der Waals surface area contributed by atoms with E-state index in [1.165, 1.54) is 0 Å². The standard InChI is InChI=1S/C16H20ClN5O2.HI/c1-2-18-16(22-8-7-13(23)10-22)19-9-14-20-15(21-24-14)11-3-5-12(17)6-4-11;/h3-6,13,23H,2,7-10H2,1H3,(H,18,19);1H/t13-;/m1./s1. The van der Waals surface area contributed by atoms with Crippen LogP contribution in [0.4, 0.5) is 0 Å². The van der Waals surface area contributed by atoms with Crippen LogP contribution in [0.1, 0.15) is 19.2 Å². The predicted molar refractivity (Wildman–Crippen MR) is 107 cm³/mol. The molecule has 0 unspecified atom stereocenters. The molecule has 1 aromatic carbocycles. The summed E-state index contributed by atoms with van der Waals surface area (Å²) in [4.78, 5) is 10.9. The van der Waals surface area contributed by atoms with Crippen molar-refractivity contribution in [2.45, 2.75) is 26.0 Å². The number of rotatable bonds is 4. The van der Waals surface area contributed by atoms with Gasteiger partial charge < -0.3 is 19.8 Å². The summed E-state index contributed by atoms with van der Waals surface area (Å²) in [5, 5.41) is 17.5. The van der Waals surface area contributed by atoms with Crippen LogP contribution >= 0.6 is 35.6 Å². The van der Waals surface area contributed by atoms with Crippen LogP contribution in [-0.4, -0.2) is 51.8 Å². The normalized spacial score (nSPS) is 17.5. The fourth-order valence-corrected chi connectivity index (χ4v) is 2.66. The van der Waals surface area contributed by atoms with Gasteiger partial charge in [0.15, 0.2) is 5.96 Å². The van der Waals surface area contributed by atoms with E-state index in [0.717, 1.165) is 31.0 Å². The number of halogens is 2. The summed E-state index contributed by atoms with van der Waals surface area (Å²) in [6, 6.07) is 7.26. The van der Waals surface area contributed by atoms with Gasteiger partial charge in [0.2, 0.25) is 11.7 Å². The topological polar surface area (TPSA) is 86.8 Å². The molecule has 0 bridgehead atoms. The van der Waals surface area contributed by atoms with Gasteiger partial charge in [0.25, 0.3) is 0 Å². The number of guanidine groups is 1. The molecule has 136 valence electrons. The summed E-state index contributed by atoms with van der Waals surface area (Å²) in [7, 11) is 0. The number of aliphatic hydroxyl groups is 1. The van der Waals surface area contributed by atoms with Crippen molar-refractivity contribution < 1.29 is 9.63 Å². The van der Waals surface area contributed by atoms with Crippen LogP contribution in [0.15, 0.2) is 33.8 Å². The van der Waals surface area contributed by atoms with E-state index in [0.29, 0.717) is 23.3 Å². The summed E-state index contributed by atoms with van der Waals surface area (Å²) < 4.78 is 5.26. The molecule has 7 nitrogen and oxygen atoms in total. The zero-order valence-corrected chi connectivity index (χ0v) is 16.9. The summed E-state index contributed by atoms with van der Waals surface area (Å²) in [5.41, 5.74) is 0.841. The summed E-state index contributed by atoms with van der Waals surface area (Å²) >= 11 is 5.88. The van der Waals surface area contributed by atoms with Gasteiger partial charge in [-0.3, -0.25) is 0 Å². The quantitative estimate of drug-likeness (QED) is 0.400. The lowest BCUT2D eigenvalue weighted by atomic mass is 10.2. The number of hydrogen-bond donors (Lipinski definition) is 2. The molecule has 0 saturated carbocycles. The van der Waals surface area contributed by atoms with E-state index in [4.69, 9.17) is 16.1 Å². The van der Waals surface area contributed by atoms with Gasteiger partial charge in [0.05, 0.1) is 6.10 Å². The van der Waals surface area contributed by atoms with Crippen LogP contribution < -0.4 is 5.32 Å². The first-order chi connectivity index (χ1) is 11.7. The molecule has 1 aliphatic heterocycles. The number of aromatic nitrogens is 2. The van der Waals surface area contributed by atoms with E-state index in [1.807, 2.05) is 24.0 Å². The molecule has 0 radical (unpaired) electrons. The maximum Gasteiger partial charge on any atom is 0.248 e. The van der Waals surface area contributed by atoms with Crippen molar-refractivity contribution in [1.29, 1.82) is 0 Å². The lowest BCUT2D eigenvalue weighted by molar-refractivity contribution is 0.187. The molecule has 1 saturated heterocycles. The van der Waals surface area contributed by atoms with Crippen LogP contribution in [0, 0.1) is 0 Å². The molecule has 1 atom stereocenters. The fraction of sp³-hybridized carbons (Fsp3) is 0.438. The number of nitrogens with one attached hydrogen (secondary N) is 1. The summed E-state index contributed by atoms with van der Waals surface area (Å²) in [6.07, 6.45) is 0.458. The number of hydrogen-bond acceptors (Lipinski definition) is 5. The van der Waals surface area contributed by atoms with Gasteiger partial charge >= 0.3 is 0 Å². The number of aliphatic imine (C=N–C) groups is 1. The Balaban J connectivity index is 0.00000225. The van der Waals surface area contributed by atoms with Gasteiger partial charge in [-0.05, 0) is 37.6 Å². The maximum absolute atomic E-state index is 9.68. The van der Waals surface area contributed by atoms with Crippen molar-refractivity contribution in [2.75, 3.05) is 19.6 Å². The fourth-order valence-electron chi connectivity index (χ4n) is 2.54. The first-order valence-corrected chi connectivity index (χ1v) is 8.33. The zero-order chi connectivity index (χ0) is 16.9. The highest BCUT2D eigenvalue weighted by Crippen LogP contribution is 2.19. The van der Waals surface area contributed by atoms with E-state index < -0.39 is 0 Å². The van der Waals surface area contributed by atoms with Crippen molar-refractivity contribution in [3.8, 4) is 11.4 Å². The van der Waals surface area contributed by atoms with Crippen molar-refractivity contribution in [3.63, 3.8) is 0 Å². The average Bonchev–Trinajstić information content (AvgIpc) is 3.21. The maximum atomic E-state index is 9.68. The Kier molecular flexibility index (Phi) is 7.45. The highest BCUT2D eigenvalue weighted by atomic mass is 127. The first-order valence-electron chi connectivity index (χ1n) is 7.95. The average molecular weight is 478 g/mol. The van der Waals surface area contributed by atoms with Gasteiger partial charge in [-0.2, -0.15) is 4.98 Å². The Bertz CT molecular complexity index is 707. The molecule has 0 spiro atoms. The molecular weight excluding hydrogens is 457 g/mol. The molecular formula is C16H21ClIN5O2. The molecule has 0 amide bonds. The van der Waals surface area contributed by atoms with Crippen molar-refractivity contribution in [1.82, 2.24) is 20.4 Å². The SMILES string of the molecule is CCNC(=NCc1nc(-c2ccc(Cl)cc2)no1)N1CC[C@@H](O)C1.I. The number of β-amino-alcohol motifs (C(OH)–C–C–N with tert-alkyl or cyclic N) is 1. The minimum absolute atomic E-state index is 0. The molecule has 1 aromatic heterocycles. The predicted octanol–water partition coefficient (Wildman–Crippen LogP) is 2.54. The van der Waals surface area contributed by atoms with Crippen LogP contribution in [0.3, 0.4) is 0 Å². The van der Waals surface area contributed by atoms with Gasteiger partial charge in [-0.1, -0.05) is 16.8 Å². The largest absolute Gasteiger partial charge is 0.391 e. The summed E-state index contributed by atoms with van der Waals surface area (Å²) in [6.45, 7) is 4.42. The Morgan fingerprint density at radius 2 is 2.20 bits per heavy atom. The van der Waals surface area contributed by atoms with Crippen molar-refractivity contribution >= 4 is 41.5 Å². The molecule has 25 heavy (non-hydrogen) atoms. The minimum atomic E-state index is -0.297. The second-order valence-corrected chi connectivity index (χ2v) is 6.01. The number of nitrogens with zero attached hydrogens (tertiary/aromatic N) is 4. The Hall–Kier alpha value is -1.39. The van der Waals surface area contributed by atoms with Crippen molar-refractivity contribution in [3.05, 3.63) is 35.2 Å². The van der Waals surface area contributed by atoms with Gasteiger partial charge in [0, 0.05) is 30.2 Å². The number of aliphatic hydroxyl groups excluding tert-OH is 1. The number of likely N-dealkylation sites (tertiary alicyclic amines) is 1. The van der Waals surface area contributed by atoms with E-state index in [1.54, 1.807) is 12.1 Å². The smallest absolute Gasteiger partial charge is 0.248 e. The molecule has 0 aliphatic carbocycles. The minimum Gasteiger partial charge on any atom is -0.391 e. The highest BCUT2D eigenvalue weighted by Gasteiger charge is 2.23. The second kappa shape index (κ2) is 9.35. The third-order valence-corrected chi connectivity index (χ3v) is 3.98. The van der Waals surface area contributed by atoms with E-state index in [-0.39, 0.29) is 36.6 Å². The number of benzene rings is 1. The molecule has 9 heteroatoms. The van der Waals surface area contributed by atoms with Gasteiger partial charge in [-0.15, -0.1) is 24.0 Å². The first kappa shape index (κ1) is 19.9. The van der Waals surface area contributed by atoms with Crippen molar-refractivity contribution in [2.24, 2.45) is 4.99 Å². The van der Waals surface area contributed by atoms with Crippen LogP contribution in [0.2, 0.25) is 5.02 Å². The third kappa shape index (κ3) is 5.29. The van der Waals surface area contributed by atoms with E-state index in [2.05, 4.69) is 20.4 Å². The Morgan fingerprint density at radius 3 is 2.84 bits per heavy atom. The molecule has 2 heterocycles.